The lowest BCUT2D eigenvalue weighted by Crippen LogP contribution is -2.31. The van der Waals surface area contributed by atoms with Crippen LogP contribution in [-0.4, -0.2) is 36.3 Å². The maximum Gasteiger partial charge on any atom is 0.253 e. The molecule has 0 atom stereocenters. The van der Waals surface area contributed by atoms with E-state index in [4.69, 9.17) is 11.6 Å². The predicted molar refractivity (Wildman–Crippen MR) is 114 cm³/mol. The molecule has 2 amide bonds. The average Bonchev–Trinajstić information content (AvgIpc) is 2.98. The number of nitrogens with zero attached hydrogens (tertiary/aromatic N) is 1. The number of hydrogen-bond donors (Lipinski definition) is 2. The van der Waals surface area contributed by atoms with E-state index in [1.165, 1.54) is 12.8 Å². The number of carbonyl (C=O) groups excluding carboxylic acids is 2. The van der Waals surface area contributed by atoms with E-state index in [0.717, 1.165) is 37.2 Å². The standard InChI is InChI=1S/C22H26ClN3O2/c1-16-9-10-18(14-20(16)23)24-15-21(27)25-19-8-6-7-17(13-19)22(28)26-11-4-2-3-5-12-26/h6-10,13-14,24H,2-5,11-12,15H2,1H3,(H,25,27). The Labute approximate surface area is 171 Å². The van der Waals surface area contributed by atoms with Crippen molar-refractivity contribution in [2.75, 3.05) is 30.3 Å². The molecule has 2 aromatic carbocycles. The summed E-state index contributed by atoms with van der Waals surface area (Å²) in [6.07, 6.45) is 4.46. The van der Waals surface area contributed by atoms with Crippen LogP contribution in [0.4, 0.5) is 11.4 Å². The summed E-state index contributed by atoms with van der Waals surface area (Å²) in [5.74, 6) is -0.151. The molecule has 2 N–H and O–H groups in total. The zero-order chi connectivity index (χ0) is 19.9. The number of hydrogen-bond acceptors (Lipinski definition) is 3. The van der Waals surface area contributed by atoms with Crippen molar-refractivity contribution in [1.82, 2.24) is 4.90 Å². The minimum atomic E-state index is -0.184. The molecule has 6 heteroatoms. The van der Waals surface area contributed by atoms with Gasteiger partial charge in [0.1, 0.15) is 0 Å². The number of likely N-dealkylation sites (tertiary alicyclic amines) is 1. The minimum absolute atomic E-state index is 0.0328. The highest BCUT2D eigenvalue weighted by Crippen LogP contribution is 2.20. The van der Waals surface area contributed by atoms with E-state index in [-0.39, 0.29) is 18.4 Å². The highest BCUT2D eigenvalue weighted by atomic mass is 35.5. The third-order valence-electron chi connectivity index (χ3n) is 4.91. The Kier molecular flexibility index (Phi) is 6.93. The number of halogens is 1. The fourth-order valence-corrected chi connectivity index (χ4v) is 3.46. The fraction of sp³-hybridized carbons (Fsp3) is 0.364. The molecule has 0 saturated carbocycles. The molecule has 1 aliphatic rings. The van der Waals surface area contributed by atoms with Gasteiger partial charge in [-0.25, -0.2) is 0 Å². The second-order valence-corrected chi connectivity index (χ2v) is 7.56. The van der Waals surface area contributed by atoms with E-state index in [1.807, 2.05) is 24.0 Å². The summed E-state index contributed by atoms with van der Waals surface area (Å²) < 4.78 is 0. The van der Waals surface area contributed by atoms with Crippen molar-refractivity contribution < 1.29 is 9.59 Å². The van der Waals surface area contributed by atoms with Crippen molar-refractivity contribution >= 4 is 34.8 Å². The Bertz CT molecular complexity index is 845. The third-order valence-corrected chi connectivity index (χ3v) is 5.32. The molecule has 5 nitrogen and oxygen atoms in total. The number of benzene rings is 2. The SMILES string of the molecule is Cc1ccc(NCC(=O)Nc2cccc(C(=O)N3CCCCCC3)c2)cc1Cl. The number of anilines is 2. The average molecular weight is 400 g/mol. The maximum atomic E-state index is 12.7. The first-order chi connectivity index (χ1) is 13.5. The normalized spacial score (nSPS) is 14.3. The molecule has 0 bridgehead atoms. The van der Waals surface area contributed by atoms with Gasteiger partial charge < -0.3 is 15.5 Å². The Morgan fingerprint density at radius 1 is 1.00 bits per heavy atom. The summed E-state index contributed by atoms with van der Waals surface area (Å²) in [5.41, 5.74) is 3.01. The molecule has 1 saturated heterocycles. The van der Waals surface area contributed by atoms with Gasteiger partial charge in [0.15, 0.2) is 0 Å². The van der Waals surface area contributed by atoms with Crippen molar-refractivity contribution in [2.45, 2.75) is 32.6 Å². The molecular formula is C22H26ClN3O2. The minimum Gasteiger partial charge on any atom is -0.376 e. The first-order valence-electron chi connectivity index (χ1n) is 9.72. The Morgan fingerprint density at radius 2 is 1.75 bits per heavy atom. The zero-order valence-electron chi connectivity index (χ0n) is 16.1. The topological polar surface area (TPSA) is 61.4 Å². The molecule has 0 radical (unpaired) electrons. The number of amides is 2. The molecular weight excluding hydrogens is 374 g/mol. The van der Waals surface area contributed by atoms with Crippen molar-refractivity contribution in [3.05, 3.63) is 58.6 Å². The smallest absolute Gasteiger partial charge is 0.253 e. The molecule has 0 spiro atoms. The van der Waals surface area contributed by atoms with Gasteiger partial charge in [-0.05, 0) is 55.7 Å². The van der Waals surface area contributed by atoms with Crippen LogP contribution < -0.4 is 10.6 Å². The molecule has 0 unspecified atom stereocenters. The van der Waals surface area contributed by atoms with Gasteiger partial charge in [-0.2, -0.15) is 0 Å². The van der Waals surface area contributed by atoms with Crippen LogP contribution in [-0.2, 0) is 4.79 Å². The van der Waals surface area contributed by atoms with Crippen LogP contribution in [0.3, 0.4) is 0 Å². The number of nitrogens with one attached hydrogen (secondary N) is 2. The van der Waals surface area contributed by atoms with Gasteiger partial charge in [-0.1, -0.05) is 36.6 Å². The van der Waals surface area contributed by atoms with Gasteiger partial charge in [-0.15, -0.1) is 0 Å². The summed E-state index contributed by atoms with van der Waals surface area (Å²) >= 11 is 6.10. The van der Waals surface area contributed by atoms with E-state index >= 15 is 0 Å². The van der Waals surface area contributed by atoms with Crippen LogP contribution in [0.1, 0.15) is 41.6 Å². The lowest BCUT2D eigenvalue weighted by Gasteiger charge is -2.20. The molecule has 3 rings (SSSR count). The second kappa shape index (κ2) is 9.60. The van der Waals surface area contributed by atoms with Gasteiger partial charge in [0.2, 0.25) is 5.91 Å². The van der Waals surface area contributed by atoms with Gasteiger partial charge in [0, 0.05) is 35.1 Å². The molecule has 148 valence electrons. The van der Waals surface area contributed by atoms with Crippen LogP contribution in [0.2, 0.25) is 5.02 Å². The van der Waals surface area contributed by atoms with E-state index in [1.54, 1.807) is 30.3 Å². The van der Waals surface area contributed by atoms with Crippen molar-refractivity contribution in [3.63, 3.8) is 0 Å². The molecule has 1 heterocycles. The van der Waals surface area contributed by atoms with Gasteiger partial charge in [0.25, 0.3) is 5.91 Å². The zero-order valence-corrected chi connectivity index (χ0v) is 16.9. The first-order valence-corrected chi connectivity index (χ1v) is 10.1. The highest BCUT2D eigenvalue weighted by Gasteiger charge is 2.17. The number of aryl methyl sites for hydroxylation is 1. The van der Waals surface area contributed by atoms with Crippen LogP contribution in [0, 0.1) is 6.92 Å². The molecule has 2 aromatic rings. The molecule has 1 fully saturated rings. The predicted octanol–water partition coefficient (Wildman–Crippen LogP) is 4.72. The van der Waals surface area contributed by atoms with Crippen molar-refractivity contribution in [1.29, 1.82) is 0 Å². The lowest BCUT2D eigenvalue weighted by molar-refractivity contribution is -0.114. The summed E-state index contributed by atoms with van der Waals surface area (Å²) in [4.78, 5) is 26.9. The largest absolute Gasteiger partial charge is 0.376 e. The lowest BCUT2D eigenvalue weighted by atomic mass is 10.1. The monoisotopic (exact) mass is 399 g/mol. The van der Waals surface area contributed by atoms with Gasteiger partial charge in [0.05, 0.1) is 6.54 Å². The van der Waals surface area contributed by atoms with Gasteiger partial charge >= 0.3 is 0 Å². The Morgan fingerprint density at radius 3 is 2.46 bits per heavy atom. The summed E-state index contributed by atoms with van der Waals surface area (Å²) in [7, 11) is 0. The summed E-state index contributed by atoms with van der Waals surface area (Å²) in [5, 5.41) is 6.56. The fourth-order valence-electron chi connectivity index (χ4n) is 3.28. The van der Waals surface area contributed by atoms with Gasteiger partial charge in [-0.3, -0.25) is 9.59 Å². The third kappa shape index (κ3) is 5.49. The molecule has 1 aliphatic heterocycles. The number of carbonyl (C=O) groups is 2. The quantitative estimate of drug-likeness (QED) is 0.765. The Balaban J connectivity index is 1.58. The van der Waals surface area contributed by atoms with E-state index in [2.05, 4.69) is 10.6 Å². The summed E-state index contributed by atoms with van der Waals surface area (Å²) in [6.45, 7) is 3.65. The van der Waals surface area contributed by atoms with E-state index < -0.39 is 0 Å². The van der Waals surface area contributed by atoms with E-state index in [0.29, 0.717) is 16.3 Å². The first kappa shape index (κ1) is 20.2. The molecule has 0 aliphatic carbocycles. The Hall–Kier alpha value is -2.53. The summed E-state index contributed by atoms with van der Waals surface area (Å²) in [6, 6.07) is 12.7. The second-order valence-electron chi connectivity index (χ2n) is 7.15. The van der Waals surface area contributed by atoms with Crippen LogP contribution >= 0.6 is 11.6 Å². The van der Waals surface area contributed by atoms with E-state index in [9.17, 15) is 9.59 Å². The molecule has 28 heavy (non-hydrogen) atoms. The van der Waals surface area contributed by atoms with Crippen LogP contribution in [0.5, 0.6) is 0 Å². The van der Waals surface area contributed by atoms with Crippen molar-refractivity contribution in [3.8, 4) is 0 Å². The highest BCUT2D eigenvalue weighted by molar-refractivity contribution is 6.31. The van der Waals surface area contributed by atoms with Crippen LogP contribution in [0.25, 0.3) is 0 Å². The maximum absolute atomic E-state index is 12.7. The van der Waals surface area contributed by atoms with Crippen molar-refractivity contribution in [2.24, 2.45) is 0 Å². The van der Waals surface area contributed by atoms with Crippen LogP contribution in [0.15, 0.2) is 42.5 Å². The molecule has 0 aromatic heterocycles. The number of rotatable bonds is 5.